The highest BCUT2D eigenvalue weighted by Crippen LogP contribution is 2.16. The largest absolute Gasteiger partial charge is 0.352 e. The van der Waals surface area contributed by atoms with Gasteiger partial charge in [0.05, 0.1) is 5.69 Å². The molecule has 0 aliphatic rings. The van der Waals surface area contributed by atoms with E-state index >= 15 is 0 Å². The summed E-state index contributed by atoms with van der Waals surface area (Å²) in [6.45, 7) is 2.05. The molecule has 0 fully saturated rings. The fourth-order valence-electron chi connectivity index (χ4n) is 2.67. The van der Waals surface area contributed by atoms with Gasteiger partial charge in [-0.05, 0) is 30.5 Å². The van der Waals surface area contributed by atoms with Crippen LogP contribution in [-0.4, -0.2) is 26.1 Å². The van der Waals surface area contributed by atoms with Crippen LogP contribution in [0.4, 0.5) is 0 Å². The van der Waals surface area contributed by atoms with Crippen LogP contribution in [-0.2, 0) is 17.8 Å². The number of carbonyl (C=O) groups is 1. The topological polar surface area (TPSA) is 124 Å². The van der Waals surface area contributed by atoms with Crippen molar-refractivity contribution in [1.82, 2.24) is 25.5 Å². The Hall–Kier alpha value is -3.42. The van der Waals surface area contributed by atoms with Gasteiger partial charge in [0.25, 0.3) is 5.56 Å². The Bertz CT molecular complexity index is 1000. The summed E-state index contributed by atoms with van der Waals surface area (Å²) in [7, 11) is 0. The molecule has 8 heteroatoms. The summed E-state index contributed by atoms with van der Waals surface area (Å²) in [4.78, 5) is 39.7. The zero-order valence-electron chi connectivity index (χ0n) is 14.3. The normalized spacial score (nSPS) is 10.7. The summed E-state index contributed by atoms with van der Waals surface area (Å²) >= 11 is 0. The van der Waals surface area contributed by atoms with Gasteiger partial charge < -0.3 is 10.3 Å². The smallest absolute Gasteiger partial charge is 0.325 e. The zero-order chi connectivity index (χ0) is 18.5. The average molecular weight is 353 g/mol. The molecule has 134 valence electrons. The van der Waals surface area contributed by atoms with Gasteiger partial charge in [-0.15, -0.1) is 0 Å². The Morgan fingerprint density at radius 3 is 2.54 bits per heavy atom. The minimum Gasteiger partial charge on any atom is -0.352 e. The number of carbonyl (C=O) groups excluding carboxylic acids is 1. The van der Waals surface area contributed by atoms with Crippen LogP contribution in [0.5, 0.6) is 0 Å². The molecule has 2 aromatic heterocycles. The van der Waals surface area contributed by atoms with E-state index in [0.29, 0.717) is 17.8 Å². The van der Waals surface area contributed by atoms with E-state index < -0.39 is 11.2 Å². The van der Waals surface area contributed by atoms with Gasteiger partial charge in [0.15, 0.2) is 0 Å². The number of hydrogen-bond donors (Lipinski definition) is 4. The van der Waals surface area contributed by atoms with Crippen molar-refractivity contribution in [3.05, 3.63) is 74.2 Å². The van der Waals surface area contributed by atoms with E-state index in [1.165, 1.54) is 0 Å². The summed E-state index contributed by atoms with van der Waals surface area (Å²) in [5, 5.41) is 9.65. The third-order valence-electron chi connectivity index (χ3n) is 4.11. The second kappa shape index (κ2) is 7.64. The minimum absolute atomic E-state index is 0.160. The number of H-pyrrole nitrogens is 3. The molecule has 0 saturated carbocycles. The first-order valence-corrected chi connectivity index (χ1v) is 8.20. The molecule has 0 unspecified atom stereocenters. The van der Waals surface area contributed by atoms with Crippen LogP contribution in [0.15, 0.2) is 46.1 Å². The molecule has 3 rings (SSSR count). The molecule has 3 aromatic rings. The molecule has 1 aromatic carbocycles. The van der Waals surface area contributed by atoms with Crippen LogP contribution in [0.25, 0.3) is 11.3 Å². The summed E-state index contributed by atoms with van der Waals surface area (Å²) < 4.78 is 0. The van der Waals surface area contributed by atoms with Crippen molar-refractivity contribution in [1.29, 1.82) is 0 Å². The van der Waals surface area contributed by atoms with Gasteiger partial charge in [-0.25, -0.2) is 4.79 Å². The average Bonchev–Trinajstić information content (AvgIpc) is 3.14. The molecule has 0 atom stereocenters. The van der Waals surface area contributed by atoms with E-state index in [1.54, 1.807) is 13.1 Å². The molecule has 0 radical (unpaired) electrons. The SMILES string of the molecule is Cc1[nH]c(=O)[nH]c(=O)c1CCC(=O)NCc1ccc(-c2ccn[nH]2)cc1. The predicted octanol–water partition coefficient (Wildman–Crippen LogP) is 1.01. The lowest BCUT2D eigenvalue weighted by molar-refractivity contribution is -0.121. The molecule has 0 aliphatic carbocycles. The maximum Gasteiger partial charge on any atom is 0.325 e. The van der Waals surface area contributed by atoms with Crippen molar-refractivity contribution in [2.24, 2.45) is 0 Å². The molecular weight excluding hydrogens is 334 g/mol. The Labute approximate surface area is 148 Å². The van der Waals surface area contributed by atoms with Gasteiger partial charge in [0.1, 0.15) is 0 Å². The van der Waals surface area contributed by atoms with E-state index in [0.717, 1.165) is 16.8 Å². The lowest BCUT2D eigenvalue weighted by atomic mass is 10.1. The van der Waals surface area contributed by atoms with Crippen molar-refractivity contribution in [2.75, 3.05) is 0 Å². The lowest BCUT2D eigenvalue weighted by Crippen LogP contribution is -2.29. The number of aromatic nitrogens is 4. The van der Waals surface area contributed by atoms with Gasteiger partial charge in [0, 0.05) is 30.4 Å². The van der Waals surface area contributed by atoms with Gasteiger partial charge >= 0.3 is 5.69 Å². The zero-order valence-corrected chi connectivity index (χ0v) is 14.3. The quantitative estimate of drug-likeness (QED) is 0.528. The van der Waals surface area contributed by atoms with Crippen LogP contribution in [0.2, 0.25) is 0 Å². The van der Waals surface area contributed by atoms with Crippen molar-refractivity contribution >= 4 is 5.91 Å². The van der Waals surface area contributed by atoms with Crippen molar-refractivity contribution < 1.29 is 4.79 Å². The second-order valence-corrected chi connectivity index (χ2v) is 5.96. The van der Waals surface area contributed by atoms with Crippen LogP contribution in [0.1, 0.15) is 23.2 Å². The fraction of sp³-hybridized carbons (Fsp3) is 0.222. The van der Waals surface area contributed by atoms with E-state index in [1.807, 2.05) is 30.3 Å². The Balaban J connectivity index is 1.53. The van der Waals surface area contributed by atoms with E-state index in [-0.39, 0.29) is 18.7 Å². The lowest BCUT2D eigenvalue weighted by Gasteiger charge is -2.07. The molecule has 26 heavy (non-hydrogen) atoms. The van der Waals surface area contributed by atoms with Crippen LogP contribution in [0.3, 0.4) is 0 Å². The first-order chi connectivity index (χ1) is 12.5. The molecule has 8 nitrogen and oxygen atoms in total. The summed E-state index contributed by atoms with van der Waals surface area (Å²) in [5.41, 5.74) is 2.84. The molecule has 0 spiro atoms. The second-order valence-electron chi connectivity index (χ2n) is 5.96. The molecule has 1 amide bonds. The fourth-order valence-corrected chi connectivity index (χ4v) is 2.67. The number of benzene rings is 1. The first-order valence-electron chi connectivity index (χ1n) is 8.20. The summed E-state index contributed by atoms with van der Waals surface area (Å²) in [5.74, 6) is -0.160. The number of nitrogens with zero attached hydrogens (tertiary/aromatic N) is 1. The number of rotatable bonds is 6. The molecule has 0 saturated heterocycles. The minimum atomic E-state index is -0.542. The van der Waals surface area contributed by atoms with E-state index in [2.05, 4.69) is 25.5 Å². The Kier molecular flexibility index (Phi) is 5.12. The summed E-state index contributed by atoms with van der Waals surface area (Å²) in [6.07, 6.45) is 2.13. The first kappa shape index (κ1) is 17.4. The van der Waals surface area contributed by atoms with E-state index in [9.17, 15) is 14.4 Å². The Morgan fingerprint density at radius 2 is 1.88 bits per heavy atom. The van der Waals surface area contributed by atoms with Gasteiger partial charge in [-0.2, -0.15) is 5.10 Å². The van der Waals surface area contributed by atoms with Crippen molar-refractivity contribution in [2.45, 2.75) is 26.3 Å². The Morgan fingerprint density at radius 1 is 1.12 bits per heavy atom. The van der Waals surface area contributed by atoms with Gasteiger partial charge in [-0.1, -0.05) is 24.3 Å². The highest BCUT2D eigenvalue weighted by atomic mass is 16.2. The summed E-state index contributed by atoms with van der Waals surface area (Å²) in [6, 6.07) is 9.67. The predicted molar refractivity (Wildman–Crippen MR) is 96.6 cm³/mol. The van der Waals surface area contributed by atoms with Crippen molar-refractivity contribution in [3.63, 3.8) is 0 Å². The number of aromatic amines is 3. The van der Waals surface area contributed by atoms with Crippen LogP contribution in [0, 0.1) is 6.92 Å². The highest BCUT2D eigenvalue weighted by Gasteiger charge is 2.09. The maximum absolute atomic E-state index is 12.0. The maximum atomic E-state index is 12.0. The standard InChI is InChI=1S/C18H19N5O3/c1-11-14(17(25)22-18(26)21-11)6-7-16(24)19-10-12-2-4-13(5-3-12)15-8-9-20-23-15/h2-5,8-9H,6-7,10H2,1H3,(H,19,24)(H,20,23)(H2,21,22,25,26). The molecular formula is C18H19N5O3. The van der Waals surface area contributed by atoms with Crippen molar-refractivity contribution in [3.8, 4) is 11.3 Å². The highest BCUT2D eigenvalue weighted by molar-refractivity contribution is 5.76. The molecule has 4 N–H and O–H groups in total. The monoisotopic (exact) mass is 353 g/mol. The number of amides is 1. The van der Waals surface area contributed by atoms with Gasteiger partial charge in [0.2, 0.25) is 5.91 Å². The number of nitrogens with one attached hydrogen (secondary N) is 4. The van der Waals surface area contributed by atoms with Crippen LogP contribution >= 0.6 is 0 Å². The van der Waals surface area contributed by atoms with Crippen LogP contribution < -0.4 is 16.6 Å². The molecule has 0 aliphatic heterocycles. The third kappa shape index (κ3) is 4.15. The van der Waals surface area contributed by atoms with E-state index in [4.69, 9.17) is 0 Å². The van der Waals surface area contributed by atoms with Gasteiger partial charge in [-0.3, -0.25) is 19.7 Å². The molecule has 2 heterocycles. The number of hydrogen-bond acceptors (Lipinski definition) is 4. The number of aryl methyl sites for hydroxylation is 1. The third-order valence-corrected chi connectivity index (χ3v) is 4.11. The molecule has 0 bridgehead atoms.